The summed E-state index contributed by atoms with van der Waals surface area (Å²) in [5.41, 5.74) is 5.38. The number of ether oxygens (including phenoxy) is 1. The van der Waals surface area contributed by atoms with E-state index in [4.69, 9.17) is 10.5 Å². The van der Waals surface area contributed by atoms with Gasteiger partial charge in [0.1, 0.15) is 0 Å². The maximum Gasteiger partial charge on any atom is 0.224 e. The van der Waals surface area contributed by atoms with E-state index in [1.165, 1.54) is 0 Å². The molecule has 1 saturated heterocycles. The second kappa shape index (κ2) is 8.44. The van der Waals surface area contributed by atoms with E-state index in [1.807, 2.05) is 0 Å². The SMILES string of the molecule is COCCCN1CCCC(C(=O)NCCN)C1. The molecule has 5 heteroatoms. The first-order valence-electron chi connectivity index (χ1n) is 6.47. The predicted molar refractivity (Wildman–Crippen MR) is 67.7 cm³/mol. The van der Waals surface area contributed by atoms with Crippen LogP contribution in [-0.4, -0.2) is 57.2 Å². The van der Waals surface area contributed by atoms with Crippen LogP contribution in [0.3, 0.4) is 0 Å². The summed E-state index contributed by atoms with van der Waals surface area (Å²) in [6.07, 6.45) is 3.14. The number of likely N-dealkylation sites (tertiary alicyclic amines) is 1. The van der Waals surface area contributed by atoms with Crippen molar-refractivity contribution < 1.29 is 9.53 Å². The summed E-state index contributed by atoms with van der Waals surface area (Å²) in [4.78, 5) is 14.2. The van der Waals surface area contributed by atoms with Crippen LogP contribution in [0, 0.1) is 5.92 Å². The summed E-state index contributed by atoms with van der Waals surface area (Å²) in [7, 11) is 1.72. The maximum atomic E-state index is 11.8. The second-order valence-electron chi connectivity index (χ2n) is 4.57. The van der Waals surface area contributed by atoms with Crippen molar-refractivity contribution in [3.8, 4) is 0 Å². The van der Waals surface area contributed by atoms with Gasteiger partial charge >= 0.3 is 0 Å². The minimum absolute atomic E-state index is 0.137. The molecule has 1 aliphatic heterocycles. The highest BCUT2D eigenvalue weighted by Crippen LogP contribution is 2.16. The average Bonchev–Trinajstić information content (AvgIpc) is 2.36. The van der Waals surface area contributed by atoms with E-state index in [9.17, 15) is 4.79 Å². The molecule has 5 nitrogen and oxygen atoms in total. The number of nitrogens with two attached hydrogens (primary N) is 1. The second-order valence-corrected chi connectivity index (χ2v) is 4.57. The summed E-state index contributed by atoms with van der Waals surface area (Å²) >= 11 is 0. The van der Waals surface area contributed by atoms with Crippen molar-refractivity contribution in [3.63, 3.8) is 0 Å². The van der Waals surface area contributed by atoms with Gasteiger partial charge in [-0.2, -0.15) is 0 Å². The van der Waals surface area contributed by atoms with E-state index < -0.39 is 0 Å². The van der Waals surface area contributed by atoms with Gasteiger partial charge in [-0.3, -0.25) is 4.79 Å². The van der Waals surface area contributed by atoms with Crippen LogP contribution >= 0.6 is 0 Å². The van der Waals surface area contributed by atoms with Gasteiger partial charge in [-0.05, 0) is 25.8 Å². The van der Waals surface area contributed by atoms with E-state index in [2.05, 4.69) is 10.2 Å². The topological polar surface area (TPSA) is 67.6 Å². The zero-order valence-corrected chi connectivity index (χ0v) is 10.8. The average molecular weight is 243 g/mol. The summed E-state index contributed by atoms with van der Waals surface area (Å²) in [6, 6.07) is 0. The molecular weight excluding hydrogens is 218 g/mol. The number of nitrogens with one attached hydrogen (secondary N) is 1. The molecule has 0 aromatic rings. The lowest BCUT2D eigenvalue weighted by Gasteiger charge is -2.31. The van der Waals surface area contributed by atoms with Crippen LogP contribution in [0.2, 0.25) is 0 Å². The molecule has 17 heavy (non-hydrogen) atoms. The van der Waals surface area contributed by atoms with Gasteiger partial charge < -0.3 is 20.7 Å². The Morgan fingerprint density at radius 2 is 2.41 bits per heavy atom. The molecular formula is C12H25N3O2. The van der Waals surface area contributed by atoms with Gasteiger partial charge in [-0.25, -0.2) is 0 Å². The summed E-state index contributed by atoms with van der Waals surface area (Å²) in [5, 5.41) is 2.87. The highest BCUT2D eigenvalue weighted by molar-refractivity contribution is 5.78. The van der Waals surface area contributed by atoms with E-state index in [0.29, 0.717) is 13.1 Å². The first-order chi connectivity index (χ1) is 8.27. The van der Waals surface area contributed by atoms with Crippen molar-refractivity contribution >= 4 is 5.91 Å². The molecule has 0 spiro atoms. The fourth-order valence-electron chi connectivity index (χ4n) is 2.24. The van der Waals surface area contributed by atoms with Crippen LogP contribution in [0.1, 0.15) is 19.3 Å². The third-order valence-corrected chi connectivity index (χ3v) is 3.14. The quantitative estimate of drug-likeness (QED) is 0.608. The van der Waals surface area contributed by atoms with Crippen molar-refractivity contribution in [2.24, 2.45) is 11.7 Å². The van der Waals surface area contributed by atoms with Crippen LogP contribution in [0.4, 0.5) is 0 Å². The lowest BCUT2D eigenvalue weighted by Crippen LogP contribution is -2.44. The Bertz CT molecular complexity index is 224. The Hall–Kier alpha value is -0.650. The monoisotopic (exact) mass is 243 g/mol. The van der Waals surface area contributed by atoms with Crippen LogP contribution < -0.4 is 11.1 Å². The number of piperidine rings is 1. The maximum absolute atomic E-state index is 11.8. The number of carbonyl (C=O) groups excluding carboxylic acids is 1. The number of hydrogen-bond acceptors (Lipinski definition) is 4. The molecule has 0 aromatic carbocycles. The standard InChI is InChI=1S/C12H25N3O2/c1-17-9-3-8-15-7-2-4-11(10-15)12(16)14-6-5-13/h11H,2-10,13H2,1H3,(H,14,16). The number of rotatable bonds is 7. The molecule has 1 fully saturated rings. The van der Waals surface area contributed by atoms with Crippen LogP contribution in [-0.2, 0) is 9.53 Å². The van der Waals surface area contributed by atoms with Gasteiger partial charge in [-0.1, -0.05) is 0 Å². The van der Waals surface area contributed by atoms with Gasteiger partial charge in [0.05, 0.1) is 5.92 Å². The first-order valence-corrected chi connectivity index (χ1v) is 6.47. The molecule has 3 N–H and O–H groups in total. The molecule has 100 valence electrons. The zero-order valence-electron chi connectivity index (χ0n) is 10.8. The molecule has 1 aliphatic rings. The number of amides is 1. The van der Waals surface area contributed by atoms with Gasteiger partial charge in [0, 0.05) is 39.9 Å². The van der Waals surface area contributed by atoms with Gasteiger partial charge in [0.2, 0.25) is 5.91 Å². The Morgan fingerprint density at radius 3 is 3.12 bits per heavy atom. The van der Waals surface area contributed by atoms with Crippen LogP contribution in [0.5, 0.6) is 0 Å². The lowest BCUT2D eigenvalue weighted by molar-refractivity contribution is -0.126. The molecule has 0 radical (unpaired) electrons. The van der Waals surface area contributed by atoms with Gasteiger partial charge in [0.15, 0.2) is 0 Å². The number of carbonyl (C=O) groups is 1. The molecule has 0 bridgehead atoms. The zero-order chi connectivity index (χ0) is 12.5. The van der Waals surface area contributed by atoms with E-state index in [-0.39, 0.29) is 11.8 Å². The highest BCUT2D eigenvalue weighted by atomic mass is 16.5. The summed E-state index contributed by atoms with van der Waals surface area (Å²) < 4.78 is 5.04. The van der Waals surface area contributed by atoms with E-state index in [1.54, 1.807) is 7.11 Å². The summed E-state index contributed by atoms with van der Waals surface area (Å²) in [6.45, 7) is 4.88. The molecule has 0 saturated carbocycles. The molecule has 0 aromatic heterocycles. The largest absolute Gasteiger partial charge is 0.385 e. The van der Waals surface area contributed by atoms with Crippen molar-refractivity contribution in [1.29, 1.82) is 0 Å². The normalized spacial score (nSPS) is 21.4. The number of methoxy groups -OCH3 is 1. The minimum Gasteiger partial charge on any atom is -0.385 e. The summed E-state index contributed by atoms with van der Waals surface area (Å²) in [5.74, 6) is 0.296. The Labute approximate surface area is 104 Å². The fraction of sp³-hybridized carbons (Fsp3) is 0.917. The third kappa shape index (κ3) is 5.48. The number of hydrogen-bond donors (Lipinski definition) is 2. The highest BCUT2D eigenvalue weighted by Gasteiger charge is 2.24. The molecule has 0 aliphatic carbocycles. The Balaban J connectivity index is 2.25. The van der Waals surface area contributed by atoms with Gasteiger partial charge in [0.25, 0.3) is 0 Å². The molecule has 1 unspecified atom stereocenters. The van der Waals surface area contributed by atoms with Gasteiger partial charge in [-0.15, -0.1) is 0 Å². The Morgan fingerprint density at radius 1 is 1.59 bits per heavy atom. The minimum atomic E-state index is 0.137. The lowest BCUT2D eigenvalue weighted by atomic mass is 9.97. The predicted octanol–water partition coefficient (Wildman–Crippen LogP) is -0.190. The Kier molecular flexibility index (Phi) is 7.16. The van der Waals surface area contributed by atoms with Crippen molar-refractivity contribution in [3.05, 3.63) is 0 Å². The van der Waals surface area contributed by atoms with Crippen LogP contribution in [0.15, 0.2) is 0 Å². The van der Waals surface area contributed by atoms with E-state index >= 15 is 0 Å². The molecule has 1 amide bonds. The smallest absolute Gasteiger partial charge is 0.224 e. The van der Waals surface area contributed by atoms with Crippen molar-refractivity contribution in [1.82, 2.24) is 10.2 Å². The fourth-order valence-corrected chi connectivity index (χ4v) is 2.24. The van der Waals surface area contributed by atoms with E-state index in [0.717, 1.165) is 45.5 Å². The van der Waals surface area contributed by atoms with Crippen molar-refractivity contribution in [2.45, 2.75) is 19.3 Å². The molecule has 1 heterocycles. The first kappa shape index (κ1) is 14.4. The molecule has 1 atom stereocenters. The van der Waals surface area contributed by atoms with Crippen LogP contribution in [0.25, 0.3) is 0 Å². The molecule has 1 rings (SSSR count). The number of nitrogens with zero attached hydrogens (tertiary/aromatic N) is 1. The van der Waals surface area contributed by atoms with Crippen molar-refractivity contribution in [2.75, 3.05) is 46.4 Å². The third-order valence-electron chi connectivity index (χ3n) is 3.14.